The second kappa shape index (κ2) is 10.8. The van der Waals surface area contributed by atoms with Crippen molar-refractivity contribution in [3.63, 3.8) is 0 Å². The van der Waals surface area contributed by atoms with Crippen LogP contribution >= 0.6 is 12.0 Å². The molecule has 0 amide bonds. The Morgan fingerprint density at radius 2 is 1.47 bits per heavy atom. The molecule has 0 unspecified atom stereocenters. The number of nitrogens with zero attached hydrogens (tertiary/aromatic N) is 1. The second-order valence-corrected chi connectivity index (χ2v) is 9.82. The molecular weight excluding hydrogens is 414 g/mol. The molecule has 0 spiro atoms. The van der Waals surface area contributed by atoms with E-state index in [0.717, 1.165) is 22.4 Å². The average molecular weight is 442 g/mol. The Hall–Kier alpha value is -2.12. The fourth-order valence-corrected chi connectivity index (χ4v) is 5.10. The van der Waals surface area contributed by atoms with Crippen LogP contribution in [0.3, 0.4) is 0 Å². The number of sulfonamides is 1. The Bertz CT molecular complexity index is 1020. The van der Waals surface area contributed by atoms with Crippen LogP contribution < -0.4 is 0 Å². The second-order valence-electron chi connectivity index (χ2n) is 7.01. The van der Waals surface area contributed by atoms with Gasteiger partial charge in [-0.25, -0.2) is 8.42 Å². The normalized spacial score (nSPS) is 11.7. The molecule has 3 aromatic carbocycles. The van der Waals surface area contributed by atoms with E-state index in [2.05, 4.69) is 0 Å². The first kappa shape index (κ1) is 22.6. The van der Waals surface area contributed by atoms with E-state index < -0.39 is 10.0 Å². The zero-order valence-electron chi connectivity index (χ0n) is 17.3. The number of aryl methyl sites for hydroxylation is 1. The minimum atomic E-state index is -3.57. The van der Waals surface area contributed by atoms with Crippen LogP contribution in [0.5, 0.6) is 0 Å². The molecule has 4 nitrogen and oxygen atoms in total. The van der Waals surface area contributed by atoms with Crippen LogP contribution in [0.2, 0.25) is 0 Å². The summed E-state index contributed by atoms with van der Waals surface area (Å²) in [5.74, 6) is 0. The molecule has 0 saturated heterocycles. The summed E-state index contributed by atoms with van der Waals surface area (Å²) in [7, 11) is -3.57. The summed E-state index contributed by atoms with van der Waals surface area (Å²) in [5.41, 5.74) is 3.25. The fraction of sp³-hybridized carbons (Fsp3) is 0.250. The van der Waals surface area contributed by atoms with E-state index in [1.165, 1.54) is 21.9 Å². The van der Waals surface area contributed by atoms with Crippen molar-refractivity contribution in [1.82, 2.24) is 4.31 Å². The third kappa shape index (κ3) is 5.95. The van der Waals surface area contributed by atoms with E-state index in [1.807, 2.05) is 80.6 Å². The molecule has 0 fully saturated rings. The van der Waals surface area contributed by atoms with Crippen LogP contribution in [0.4, 0.5) is 0 Å². The van der Waals surface area contributed by atoms with Gasteiger partial charge in [-0.2, -0.15) is 4.31 Å². The van der Waals surface area contributed by atoms with E-state index in [-0.39, 0.29) is 0 Å². The van der Waals surface area contributed by atoms with Gasteiger partial charge in [-0.3, -0.25) is 0 Å². The summed E-state index contributed by atoms with van der Waals surface area (Å²) in [6.45, 7) is 5.11. The van der Waals surface area contributed by atoms with Gasteiger partial charge in [0.2, 0.25) is 10.0 Å². The summed E-state index contributed by atoms with van der Waals surface area (Å²) >= 11 is 1.27. The van der Waals surface area contributed by atoms with E-state index in [1.54, 1.807) is 12.1 Å². The van der Waals surface area contributed by atoms with Crippen molar-refractivity contribution in [3.8, 4) is 11.1 Å². The molecule has 0 aliphatic rings. The molecule has 0 radical (unpaired) electrons. The van der Waals surface area contributed by atoms with Crippen molar-refractivity contribution in [2.24, 2.45) is 0 Å². The lowest BCUT2D eigenvalue weighted by atomic mass is 10.1. The molecule has 0 aliphatic carbocycles. The SMILES string of the molecule is CCCN(CCOSc1ccc(C)cc1)S(=O)(=O)c1ccc(-c2ccccc2)cc1. The maximum absolute atomic E-state index is 13.1. The Morgan fingerprint density at radius 3 is 2.10 bits per heavy atom. The summed E-state index contributed by atoms with van der Waals surface area (Å²) in [5, 5.41) is 0. The summed E-state index contributed by atoms with van der Waals surface area (Å²) in [6, 6.07) is 25.0. The van der Waals surface area contributed by atoms with Crippen molar-refractivity contribution < 1.29 is 12.6 Å². The molecule has 0 N–H and O–H groups in total. The standard InChI is InChI=1S/C24H27NO3S2/c1-3-17-25(18-19-28-29-23-13-9-20(2)10-14-23)30(26,27)24-15-11-22(12-16-24)21-7-5-4-6-8-21/h4-16H,3,17-19H2,1-2H3. The lowest BCUT2D eigenvalue weighted by molar-refractivity contribution is 0.306. The Kier molecular flexibility index (Phi) is 8.10. The highest BCUT2D eigenvalue weighted by Gasteiger charge is 2.23. The van der Waals surface area contributed by atoms with Gasteiger partial charge in [-0.05, 0) is 48.7 Å². The molecular formula is C24H27NO3S2. The van der Waals surface area contributed by atoms with Gasteiger partial charge in [-0.1, -0.05) is 67.1 Å². The van der Waals surface area contributed by atoms with Crippen molar-refractivity contribution in [3.05, 3.63) is 84.4 Å². The van der Waals surface area contributed by atoms with Gasteiger partial charge in [-0.15, -0.1) is 0 Å². The van der Waals surface area contributed by atoms with Gasteiger partial charge in [0, 0.05) is 30.0 Å². The van der Waals surface area contributed by atoms with Crippen molar-refractivity contribution in [2.75, 3.05) is 19.7 Å². The van der Waals surface area contributed by atoms with Crippen LogP contribution in [-0.4, -0.2) is 32.4 Å². The van der Waals surface area contributed by atoms with Gasteiger partial charge >= 0.3 is 0 Å². The highest BCUT2D eigenvalue weighted by molar-refractivity contribution is 7.94. The van der Waals surface area contributed by atoms with Crippen LogP contribution in [0, 0.1) is 6.92 Å². The monoisotopic (exact) mass is 441 g/mol. The average Bonchev–Trinajstić information content (AvgIpc) is 2.78. The smallest absolute Gasteiger partial charge is 0.243 e. The molecule has 0 heterocycles. The minimum Gasteiger partial charge on any atom is -0.309 e. The number of hydrogen-bond acceptors (Lipinski definition) is 4. The fourth-order valence-electron chi connectivity index (χ4n) is 3.04. The van der Waals surface area contributed by atoms with E-state index >= 15 is 0 Å². The van der Waals surface area contributed by atoms with Crippen molar-refractivity contribution >= 4 is 22.1 Å². The lowest BCUT2D eigenvalue weighted by Crippen LogP contribution is -2.34. The zero-order valence-corrected chi connectivity index (χ0v) is 19.0. The molecule has 3 rings (SSSR count). The largest absolute Gasteiger partial charge is 0.309 e. The zero-order chi connectivity index (χ0) is 21.4. The molecule has 0 aliphatic heterocycles. The molecule has 30 heavy (non-hydrogen) atoms. The number of rotatable bonds is 10. The maximum atomic E-state index is 13.1. The first-order chi connectivity index (χ1) is 14.5. The molecule has 0 atom stereocenters. The van der Waals surface area contributed by atoms with Gasteiger partial charge < -0.3 is 4.18 Å². The maximum Gasteiger partial charge on any atom is 0.243 e. The Labute approximate surface area is 184 Å². The van der Waals surface area contributed by atoms with Gasteiger partial charge in [0.05, 0.1) is 11.5 Å². The molecule has 3 aromatic rings. The predicted molar refractivity (Wildman–Crippen MR) is 124 cm³/mol. The third-order valence-electron chi connectivity index (χ3n) is 4.67. The number of hydrogen-bond donors (Lipinski definition) is 0. The van der Waals surface area contributed by atoms with Crippen LogP contribution in [0.15, 0.2) is 88.7 Å². The quantitative estimate of drug-likeness (QED) is 0.295. The minimum absolute atomic E-state index is 0.307. The predicted octanol–water partition coefficient (Wildman–Crippen LogP) is 5.79. The molecule has 0 saturated carbocycles. The highest BCUT2D eigenvalue weighted by Crippen LogP contribution is 2.24. The Balaban J connectivity index is 1.64. The van der Waals surface area contributed by atoms with E-state index in [0.29, 0.717) is 24.6 Å². The third-order valence-corrected chi connectivity index (χ3v) is 7.33. The number of benzene rings is 3. The van der Waals surface area contributed by atoms with Gasteiger partial charge in [0.15, 0.2) is 0 Å². The van der Waals surface area contributed by atoms with Crippen LogP contribution in [0.25, 0.3) is 11.1 Å². The molecule has 6 heteroatoms. The molecule has 158 valence electrons. The van der Waals surface area contributed by atoms with Crippen molar-refractivity contribution in [1.29, 1.82) is 0 Å². The summed E-state index contributed by atoms with van der Waals surface area (Å²) in [4.78, 5) is 1.31. The van der Waals surface area contributed by atoms with Gasteiger partial charge in [0.1, 0.15) is 0 Å². The topological polar surface area (TPSA) is 46.6 Å². The highest BCUT2D eigenvalue weighted by atomic mass is 32.2. The summed E-state index contributed by atoms with van der Waals surface area (Å²) < 4.78 is 33.4. The van der Waals surface area contributed by atoms with Crippen LogP contribution in [-0.2, 0) is 14.2 Å². The molecule has 0 bridgehead atoms. The van der Waals surface area contributed by atoms with E-state index in [9.17, 15) is 8.42 Å². The lowest BCUT2D eigenvalue weighted by Gasteiger charge is -2.21. The Morgan fingerprint density at radius 1 is 0.833 bits per heavy atom. The molecule has 0 aromatic heterocycles. The van der Waals surface area contributed by atoms with Gasteiger partial charge in [0.25, 0.3) is 0 Å². The first-order valence-corrected chi connectivity index (χ1v) is 12.2. The summed E-state index contributed by atoms with van der Waals surface area (Å²) in [6.07, 6.45) is 0.742. The van der Waals surface area contributed by atoms with Crippen LogP contribution in [0.1, 0.15) is 18.9 Å². The van der Waals surface area contributed by atoms with E-state index in [4.69, 9.17) is 4.18 Å². The van der Waals surface area contributed by atoms with Crippen molar-refractivity contribution in [2.45, 2.75) is 30.1 Å². The first-order valence-electron chi connectivity index (χ1n) is 10.0.